The Morgan fingerprint density at radius 3 is 2.67 bits per heavy atom. The largest absolute Gasteiger partial charge is 0.444 e. The summed E-state index contributed by atoms with van der Waals surface area (Å²) in [5.74, 6) is 0. The summed E-state index contributed by atoms with van der Waals surface area (Å²) in [4.78, 5) is 12.7. The molecule has 1 aromatic rings. The summed E-state index contributed by atoms with van der Waals surface area (Å²) in [6.07, 6.45) is -6.20. The molecular formula is C13H11F3N2O3. The number of halogens is 3. The smallest absolute Gasteiger partial charge is 0.417 e. The summed E-state index contributed by atoms with van der Waals surface area (Å²) in [6, 6.07) is 3.61. The fraction of sp³-hybridized carbons (Fsp3) is 0.385. The molecule has 112 valence electrons. The lowest BCUT2D eigenvalue weighted by molar-refractivity contribution is -0.137. The molecule has 1 saturated heterocycles. The van der Waals surface area contributed by atoms with E-state index in [0.29, 0.717) is 6.07 Å². The molecule has 1 aromatic carbocycles. The van der Waals surface area contributed by atoms with E-state index in [1.54, 1.807) is 0 Å². The van der Waals surface area contributed by atoms with E-state index < -0.39 is 42.1 Å². The number of nitriles is 1. The van der Waals surface area contributed by atoms with Crippen LogP contribution in [0.1, 0.15) is 18.1 Å². The second-order valence-corrected chi connectivity index (χ2v) is 4.55. The quantitative estimate of drug-likeness (QED) is 0.909. The van der Waals surface area contributed by atoms with Crippen molar-refractivity contribution in [2.45, 2.75) is 25.2 Å². The fourth-order valence-corrected chi connectivity index (χ4v) is 2.18. The zero-order valence-corrected chi connectivity index (χ0v) is 10.9. The van der Waals surface area contributed by atoms with E-state index in [1.807, 2.05) is 0 Å². The first-order valence-corrected chi connectivity index (χ1v) is 6.01. The number of nitrogens with zero attached hydrogens (tertiary/aromatic N) is 2. The third-order valence-electron chi connectivity index (χ3n) is 3.25. The van der Waals surface area contributed by atoms with Crippen molar-refractivity contribution in [2.24, 2.45) is 0 Å². The number of hydrogen-bond acceptors (Lipinski definition) is 4. The van der Waals surface area contributed by atoms with Gasteiger partial charge in [-0.1, -0.05) is 0 Å². The molecule has 1 fully saturated rings. The lowest BCUT2D eigenvalue weighted by atomic mass is 10.1. The van der Waals surface area contributed by atoms with Crippen LogP contribution in [0.3, 0.4) is 0 Å². The fourth-order valence-electron chi connectivity index (χ4n) is 2.18. The van der Waals surface area contributed by atoms with Gasteiger partial charge in [0.2, 0.25) is 0 Å². The van der Waals surface area contributed by atoms with Gasteiger partial charge >= 0.3 is 12.3 Å². The number of ether oxygens (including phenoxy) is 1. The predicted octanol–water partition coefficient (Wildman–Crippen LogP) is 2.28. The summed E-state index contributed by atoms with van der Waals surface area (Å²) in [5, 5.41) is 18.0. The van der Waals surface area contributed by atoms with E-state index in [9.17, 15) is 23.1 Å². The van der Waals surface area contributed by atoms with Gasteiger partial charge in [-0.05, 0) is 25.1 Å². The maximum atomic E-state index is 12.9. The molecule has 1 N–H and O–H groups in total. The highest BCUT2D eigenvalue weighted by atomic mass is 19.4. The first kappa shape index (κ1) is 15.1. The van der Waals surface area contributed by atoms with Crippen molar-refractivity contribution in [1.82, 2.24) is 0 Å². The van der Waals surface area contributed by atoms with E-state index >= 15 is 0 Å². The topological polar surface area (TPSA) is 73.6 Å². The highest BCUT2D eigenvalue weighted by Crippen LogP contribution is 2.36. The SMILES string of the molecule is C[C@@H]1OC(=O)N(c2ccc(C#N)c(C(F)(F)F)c2)[C@H]1CO. The highest BCUT2D eigenvalue weighted by molar-refractivity contribution is 5.91. The maximum Gasteiger partial charge on any atom is 0.417 e. The predicted molar refractivity (Wildman–Crippen MR) is 65.5 cm³/mol. The van der Waals surface area contributed by atoms with E-state index in [-0.39, 0.29) is 5.69 Å². The average molecular weight is 300 g/mol. The number of alkyl halides is 3. The molecule has 0 aliphatic carbocycles. The Bertz CT molecular complexity index is 610. The Morgan fingerprint density at radius 2 is 2.14 bits per heavy atom. The van der Waals surface area contributed by atoms with Crippen LogP contribution < -0.4 is 4.90 Å². The summed E-state index contributed by atoms with van der Waals surface area (Å²) in [6.45, 7) is 1.08. The molecule has 0 radical (unpaired) electrons. The molecule has 5 nitrogen and oxygen atoms in total. The van der Waals surface area contributed by atoms with E-state index in [2.05, 4.69) is 0 Å². The van der Waals surface area contributed by atoms with Crippen LogP contribution in [0.25, 0.3) is 0 Å². The summed E-state index contributed by atoms with van der Waals surface area (Å²) < 4.78 is 43.7. The first-order chi connectivity index (χ1) is 9.79. The van der Waals surface area contributed by atoms with Crippen molar-refractivity contribution in [3.8, 4) is 6.07 Å². The molecule has 2 rings (SSSR count). The van der Waals surface area contributed by atoms with Gasteiger partial charge in [-0.2, -0.15) is 18.4 Å². The number of cyclic esters (lactones) is 1. The lowest BCUT2D eigenvalue weighted by Crippen LogP contribution is -2.38. The lowest BCUT2D eigenvalue weighted by Gasteiger charge is -2.22. The first-order valence-electron chi connectivity index (χ1n) is 6.01. The van der Waals surface area contributed by atoms with Gasteiger partial charge in [-0.25, -0.2) is 4.79 Å². The Hall–Kier alpha value is -2.27. The minimum absolute atomic E-state index is 0.0743. The third kappa shape index (κ3) is 2.64. The molecule has 2 atom stereocenters. The molecule has 0 saturated carbocycles. The number of aliphatic hydroxyl groups excluding tert-OH is 1. The Balaban J connectivity index is 2.51. The number of carbonyl (C=O) groups excluding carboxylic acids is 1. The molecule has 1 amide bonds. The third-order valence-corrected chi connectivity index (χ3v) is 3.25. The van der Waals surface area contributed by atoms with Crippen molar-refractivity contribution < 1.29 is 27.8 Å². The van der Waals surface area contributed by atoms with Crippen molar-refractivity contribution in [3.05, 3.63) is 29.3 Å². The van der Waals surface area contributed by atoms with Gasteiger partial charge in [0.05, 0.1) is 23.8 Å². The molecule has 0 aromatic heterocycles. The van der Waals surface area contributed by atoms with Crippen LogP contribution in [-0.4, -0.2) is 30.0 Å². The van der Waals surface area contributed by atoms with Crippen LogP contribution in [0.2, 0.25) is 0 Å². The molecule has 1 aliphatic heterocycles. The van der Waals surface area contributed by atoms with Crippen molar-refractivity contribution in [1.29, 1.82) is 5.26 Å². The normalized spacial score (nSPS) is 22.1. The number of benzene rings is 1. The number of carbonyl (C=O) groups is 1. The van der Waals surface area contributed by atoms with Gasteiger partial charge in [-0.3, -0.25) is 4.90 Å². The number of hydrogen-bond donors (Lipinski definition) is 1. The van der Waals surface area contributed by atoms with Gasteiger partial charge in [0, 0.05) is 5.69 Å². The summed E-state index contributed by atoms with van der Waals surface area (Å²) in [7, 11) is 0. The Labute approximate surface area is 118 Å². The minimum atomic E-state index is -4.72. The maximum absolute atomic E-state index is 12.9. The Morgan fingerprint density at radius 1 is 1.48 bits per heavy atom. The van der Waals surface area contributed by atoms with Crippen LogP contribution in [-0.2, 0) is 10.9 Å². The van der Waals surface area contributed by atoms with Crippen molar-refractivity contribution in [3.63, 3.8) is 0 Å². The van der Waals surface area contributed by atoms with E-state index in [0.717, 1.165) is 11.0 Å². The summed E-state index contributed by atoms with van der Waals surface area (Å²) in [5.41, 5.74) is -1.74. The number of amides is 1. The molecule has 8 heteroatoms. The molecule has 0 unspecified atom stereocenters. The van der Waals surface area contributed by atoms with Crippen LogP contribution in [0.4, 0.5) is 23.7 Å². The average Bonchev–Trinajstić information content (AvgIpc) is 2.71. The van der Waals surface area contributed by atoms with Gasteiger partial charge in [-0.15, -0.1) is 0 Å². The summed E-state index contributed by atoms with van der Waals surface area (Å²) >= 11 is 0. The minimum Gasteiger partial charge on any atom is -0.444 e. The van der Waals surface area contributed by atoms with Gasteiger partial charge in [0.1, 0.15) is 12.1 Å². The van der Waals surface area contributed by atoms with Gasteiger partial charge in [0.25, 0.3) is 0 Å². The standard InChI is InChI=1S/C13H11F3N2O3/c1-7-11(6-19)18(12(20)21-7)9-3-2-8(5-17)10(4-9)13(14,15)16/h2-4,7,11,19H,6H2,1H3/t7-,11-/m0/s1. The van der Waals surface area contributed by atoms with Crippen LogP contribution in [0, 0.1) is 11.3 Å². The second-order valence-electron chi connectivity index (χ2n) is 4.55. The van der Waals surface area contributed by atoms with E-state index in [1.165, 1.54) is 19.1 Å². The van der Waals surface area contributed by atoms with Gasteiger partial charge < -0.3 is 9.84 Å². The molecule has 0 bridgehead atoms. The number of anilines is 1. The van der Waals surface area contributed by atoms with Crippen molar-refractivity contribution in [2.75, 3.05) is 11.5 Å². The second kappa shape index (κ2) is 5.26. The zero-order valence-electron chi connectivity index (χ0n) is 10.9. The molecule has 1 aliphatic rings. The molecule has 1 heterocycles. The monoisotopic (exact) mass is 300 g/mol. The van der Waals surface area contributed by atoms with Gasteiger partial charge in [0.15, 0.2) is 0 Å². The molecule has 0 spiro atoms. The van der Waals surface area contributed by atoms with Crippen LogP contribution >= 0.6 is 0 Å². The zero-order chi connectivity index (χ0) is 15.8. The van der Waals surface area contributed by atoms with E-state index in [4.69, 9.17) is 10.00 Å². The van der Waals surface area contributed by atoms with Crippen LogP contribution in [0.5, 0.6) is 0 Å². The molecule has 21 heavy (non-hydrogen) atoms. The molecular weight excluding hydrogens is 289 g/mol. The number of aliphatic hydroxyl groups is 1. The van der Waals surface area contributed by atoms with Crippen molar-refractivity contribution >= 4 is 11.8 Å². The number of rotatable bonds is 2. The Kier molecular flexibility index (Phi) is 3.78. The van der Waals surface area contributed by atoms with Crippen LogP contribution in [0.15, 0.2) is 18.2 Å². The highest BCUT2D eigenvalue weighted by Gasteiger charge is 2.41.